The maximum Gasteiger partial charge on any atom is 0.231 e. The van der Waals surface area contributed by atoms with E-state index in [0.29, 0.717) is 6.79 Å². The van der Waals surface area contributed by atoms with E-state index in [-0.39, 0.29) is 6.04 Å². The molecule has 1 N–H and O–H groups in total. The lowest BCUT2D eigenvalue weighted by molar-refractivity contribution is 0.174. The first-order chi connectivity index (χ1) is 10.3. The van der Waals surface area contributed by atoms with Crippen LogP contribution in [0.1, 0.15) is 24.1 Å². The number of rotatable bonds is 3. The highest BCUT2D eigenvalue weighted by molar-refractivity contribution is 5.54. The molecule has 0 spiro atoms. The van der Waals surface area contributed by atoms with Gasteiger partial charge >= 0.3 is 0 Å². The molecule has 108 valence electrons. The van der Waals surface area contributed by atoms with Crippen molar-refractivity contribution in [2.75, 3.05) is 18.7 Å². The van der Waals surface area contributed by atoms with Crippen LogP contribution in [0.5, 0.6) is 17.2 Å². The first-order valence-electron chi connectivity index (χ1n) is 7.21. The van der Waals surface area contributed by atoms with Crippen molar-refractivity contribution in [2.45, 2.75) is 19.4 Å². The number of nitrogens with one attached hydrogen (secondary N) is 1. The smallest absolute Gasteiger partial charge is 0.231 e. The monoisotopic (exact) mass is 283 g/mol. The third-order valence-electron chi connectivity index (χ3n) is 3.97. The van der Waals surface area contributed by atoms with Crippen molar-refractivity contribution in [2.24, 2.45) is 0 Å². The van der Waals surface area contributed by atoms with E-state index in [2.05, 4.69) is 30.4 Å². The van der Waals surface area contributed by atoms with Crippen LogP contribution in [0.4, 0.5) is 5.69 Å². The summed E-state index contributed by atoms with van der Waals surface area (Å²) in [6.45, 7) is 3.24. The zero-order valence-corrected chi connectivity index (χ0v) is 11.9. The van der Waals surface area contributed by atoms with Gasteiger partial charge < -0.3 is 19.5 Å². The number of hydrogen-bond acceptors (Lipinski definition) is 4. The summed E-state index contributed by atoms with van der Waals surface area (Å²) in [6, 6.07) is 12.5. The van der Waals surface area contributed by atoms with Crippen molar-refractivity contribution in [3.05, 3.63) is 47.5 Å². The third kappa shape index (κ3) is 2.27. The fraction of sp³-hybridized carbons (Fsp3) is 0.294. The van der Waals surface area contributed by atoms with Gasteiger partial charge in [0, 0.05) is 18.2 Å². The summed E-state index contributed by atoms with van der Waals surface area (Å²) in [5, 5.41) is 3.53. The molecule has 0 aromatic heterocycles. The highest BCUT2D eigenvalue weighted by Gasteiger charge is 2.17. The van der Waals surface area contributed by atoms with Crippen molar-refractivity contribution in [3.8, 4) is 17.2 Å². The molecule has 2 heterocycles. The zero-order valence-electron chi connectivity index (χ0n) is 11.9. The van der Waals surface area contributed by atoms with E-state index in [4.69, 9.17) is 14.2 Å². The Kier molecular flexibility index (Phi) is 2.88. The molecule has 2 aromatic carbocycles. The summed E-state index contributed by atoms with van der Waals surface area (Å²) in [6.07, 6.45) is 0.989. The first kappa shape index (κ1) is 12.4. The molecule has 21 heavy (non-hydrogen) atoms. The van der Waals surface area contributed by atoms with Crippen LogP contribution in [0.15, 0.2) is 36.4 Å². The first-order valence-corrected chi connectivity index (χ1v) is 7.21. The predicted octanol–water partition coefficient (Wildman–Crippen LogP) is 3.52. The van der Waals surface area contributed by atoms with Gasteiger partial charge in [-0.25, -0.2) is 0 Å². The molecule has 0 radical (unpaired) electrons. The van der Waals surface area contributed by atoms with Crippen LogP contribution < -0.4 is 19.5 Å². The van der Waals surface area contributed by atoms with E-state index in [0.717, 1.165) is 36.0 Å². The zero-order chi connectivity index (χ0) is 14.2. The molecular formula is C17H17NO3. The largest absolute Gasteiger partial charge is 0.493 e. The molecule has 0 saturated heterocycles. The number of fused-ring (bicyclic) bond motifs is 2. The van der Waals surface area contributed by atoms with E-state index in [1.807, 2.05) is 18.2 Å². The molecule has 0 bridgehead atoms. The van der Waals surface area contributed by atoms with E-state index in [1.54, 1.807) is 0 Å². The summed E-state index contributed by atoms with van der Waals surface area (Å²) in [5.41, 5.74) is 3.57. The highest BCUT2D eigenvalue weighted by Crippen LogP contribution is 2.35. The van der Waals surface area contributed by atoms with Gasteiger partial charge in [-0.15, -0.1) is 0 Å². The topological polar surface area (TPSA) is 39.7 Å². The molecule has 1 unspecified atom stereocenters. The second-order valence-electron chi connectivity index (χ2n) is 5.40. The van der Waals surface area contributed by atoms with Crippen molar-refractivity contribution >= 4 is 5.69 Å². The maximum absolute atomic E-state index is 5.54. The standard InChI is InChI=1S/C17H17NO3/c1-11(12-2-4-16-17(9-12)21-10-20-16)18-14-3-5-15-13(8-14)6-7-19-15/h2-5,8-9,11,18H,6-7,10H2,1H3. The Morgan fingerprint density at radius 1 is 0.952 bits per heavy atom. The van der Waals surface area contributed by atoms with Gasteiger partial charge in [0.05, 0.1) is 6.61 Å². The number of benzene rings is 2. The van der Waals surface area contributed by atoms with Crippen molar-refractivity contribution in [1.29, 1.82) is 0 Å². The third-order valence-corrected chi connectivity index (χ3v) is 3.97. The Labute approximate surface area is 123 Å². The summed E-state index contributed by atoms with van der Waals surface area (Å²) in [5.74, 6) is 2.65. The van der Waals surface area contributed by atoms with E-state index < -0.39 is 0 Å². The van der Waals surface area contributed by atoms with Gasteiger partial charge in [-0.3, -0.25) is 0 Å². The van der Waals surface area contributed by atoms with Crippen LogP contribution in [0, 0.1) is 0 Å². The minimum atomic E-state index is 0.194. The average molecular weight is 283 g/mol. The molecule has 2 aromatic rings. The quantitative estimate of drug-likeness (QED) is 0.935. The maximum atomic E-state index is 5.54. The molecule has 2 aliphatic rings. The van der Waals surface area contributed by atoms with Crippen LogP contribution in [-0.4, -0.2) is 13.4 Å². The van der Waals surface area contributed by atoms with Crippen LogP contribution >= 0.6 is 0 Å². The summed E-state index contributed by atoms with van der Waals surface area (Å²) >= 11 is 0. The lowest BCUT2D eigenvalue weighted by Gasteiger charge is -2.16. The SMILES string of the molecule is CC(Nc1ccc2c(c1)CCO2)c1ccc2c(c1)OCO2. The molecule has 0 fully saturated rings. The van der Waals surface area contributed by atoms with Crippen LogP contribution in [0.2, 0.25) is 0 Å². The van der Waals surface area contributed by atoms with E-state index >= 15 is 0 Å². The Balaban J connectivity index is 1.54. The van der Waals surface area contributed by atoms with Gasteiger partial charge in [-0.1, -0.05) is 6.07 Å². The molecule has 4 heteroatoms. The van der Waals surface area contributed by atoms with E-state index in [9.17, 15) is 0 Å². The van der Waals surface area contributed by atoms with Crippen molar-refractivity contribution in [1.82, 2.24) is 0 Å². The van der Waals surface area contributed by atoms with Gasteiger partial charge in [0.2, 0.25) is 6.79 Å². The predicted molar refractivity (Wildman–Crippen MR) is 80.2 cm³/mol. The van der Waals surface area contributed by atoms with Crippen molar-refractivity contribution < 1.29 is 14.2 Å². The van der Waals surface area contributed by atoms with Crippen LogP contribution in [-0.2, 0) is 6.42 Å². The Bertz CT molecular complexity index is 684. The minimum Gasteiger partial charge on any atom is -0.493 e. The summed E-state index contributed by atoms with van der Waals surface area (Å²) < 4.78 is 16.3. The molecule has 1 atom stereocenters. The van der Waals surface area contributed by atoms with Gasteiger partial charge in [0.15, 0.2) is 11.5 Å². The fourth-order valence-corrected chi connectivity index (χ4v) is 2.79. The number of hydrogen-bond donors (Lipinski definition) is 1. The van der Waals surface area contributed by atoms with Gasteiger partial charge in [-0.05, 0) is 48.4 Å². The lowest BCUT2D eigenvalue weighted by atomic mass is 10.1. The average Bonchev–Trinajstić information content (AvgIpc) is 3.14. The van der Waals surface area contributed by atoms with Gasteiger partial charge in [-0.2, -0.15) is 0 Å². The molecule has 0 aliphatic carbocycles. The van der Waals surface area contributed by atoms with Gasteiger partial charge in [0.25, 0.3) is 0 Å². The number of ether oxygens (including phenoxy) is 3. The Morgan fingerprint density at radius 3 is 2.76 bits per heavy atom. The molecule has 2 aliphatic heterocycles. The summed E-state index contributed by atoms with van der Waals surface area (Å²) in [4.78, 5) is 0. The lowest BCUT2D eigenvalue weighted by Crippen LogP contribution is -2.06. The van der Waals surface area contributed by atoms with Gasteiger partial charge in [0.1, 0.15) is 5.75 Å². The normalized spacial score (nSPS) is 16.2. The fourth-order valence-electron chi connectivity index (χ4n) is 2.79. The Hall–Kier alpha value is -2.36. The highest BCUT2D eigenvalue weighted by atomic mass is 16.7. The van der Waals surface area contributed by atoms with E-state index in [1.165, 1.54) is 11.1 Å². The second kappa shape index (κ2) is 4.88. The molecular weight excluding hydrogens is 266 g/mol. The summed E-state index contributed by atoms with van der Waals surface area (Å²) in [7, 11) is 0. The molecule has 0 saturated carbocycles. The number of anilines is 1. The molecule has 4 rings (SSSR count). The minimum absolute atomic E-state index is 0.194. The second-order valence-corrected chi connectivity index (χ2v) is 5.40. The van der Waals surface area contributed by atoms with Crippen LogP contribution in [0.3, 0.4) is 0 Å². The van der Waals surface area contributed by atoms with Crippen molar-refractivity contribution in [3.63, 3.8) is 0 Å². The Morgan fingerprint density at radius 2 is 1.81 bits per heavy atom. The molecule has 0 amide bonds. The van der Waals surface area contributed by atoms with Crippen LogP contribution in [0.25, 0.3) is 0 Å². The molecule has 4 nitrogen and oxygen atoms in total.